The molecule has 4 heteroatoms. The number of aliphatic hydroxyl groups is 1. The van der Waals surface area contributed by atoms with Gasteiger partial charge in [-0.3, -0.25) is 0 Å². The summed E-state index contributed by atoms with van der Waals surface area (Å²) in [5.41, 5.74) is 0.277. The van der Waals surface area contributed by atoms with E-state index in [1.165, 1.54) is 0 Å². The third-order valence-corrected chi connectivity index (χ3v) is 5.56. The van der Waals surface area contributed by atoms with Crippen LogP contribution in [0.25, 0.3) is 0 Å². The van der Waals surface area contributed by atoms with E-state index < -0.39 is 5.60 Å². The number of rotatable bonds is 3. The molecule has 1 fully saturated rings. The Hall–Kier alpha value is -0.740. The second-order valence-electron chi connectivity index (χ2n) is 6.86. The van der Waals surface area contributed by atoms with Crippen molar-refractivity contribution < 1.29 is 14.6 Å². The topological polar surface area (TPSA) is 38.7 Å². The fourth-order valence-electron chi connectivity index (χ4n) is 3.51. The van der Waals surface area contributed by atoms with Crippen LogP contribution in [-0.4, -0.2) is 19.3 Å². The van der Waals surface area contributed by atoms with Crippen LogP contribution in [0, 0.1) is 11.3 Å². The summed E-state index contributed by atoms with van der Waals surface area (Å²) in [4.78, 5) is 0. The molecule has 2 unspecified atom stereocenters. The second-order valence-corrected chi connectivity index (χ2v) is 7.65. The van der Waals surface area contributed by atoms with Gasteiger partial charge < -0.3 is 14.6 Å². The molecule has 118 valence electrons. The summed E-state index contributed by atoms with van der Waals surface area (Å²) >= 11 is 3.52. The van der Waals surface area contributed by atoms with E-state index in [-0.39, 0.29) is 11.3 Å². The van der Waals surface area contributed by atoms with Gasteiger partial charge in [-0.1, -0.05) is 20.8 Å². The normalized spacial score (nSPS) is 28.2. The van der Waals surface area contributed by atoms with Gasteiger partial charge in [0.15, 0.2) is 0 Å². The van der Waals surface area contributed by atoms with Crippen LogP contribution in [0.5, 0.6) is 11.5 Å². The van der Waals surface area contributed by atoms with Crippen molar-refractivity contribution >= 4 is 15.9 Å². The van der Waals surface area contributed by atoms with Gasteiger partial charge in [-0.15, -0.1) is 0 Å². The van der Waals surface area contributed by atoms with Crippen molar-refractivity contribution in [3.63, 3.8) is 0 Å². The summed E-state index contributed by atoms with van der Waals surface area (Å²) in [6.07, 6.45) is 2.74. The van der Waals surface area contributed by atoms with Crippen molar-refractivity contribution in [1.29, 1.82) is 0 Å². The summed E-state index contributed by atoms with van der Waals surface area (Å²) in [7, 11) is 3.25. The molecule has 1 aliphatic carbocycles. The lowest BCUT2D eigenvalue weighted by Gasteiger charge is -2.46. The zero-order valence-corrected chi connectivity index (χ0v) is 15.1. The van der Waals surface area contributed by atoms with Crippen LogP contribution in [0.4, 0.5) is 0 Å². The molecular weight excluding hydrogens is 332 g/mol. The average Bonchev–Trinajstić information content (AvgIpc) is 2.42. The summed E-state index contributed by atoms with van der Waals surface area (Å²) in [5, 5.41) is 11.3. The molecule has 0 heterocycles. The number of hydrogen-bond acceptors (Lipinski definition) is 3. The van der Waals surface area contributed by atoms with Gasteiger partial charge in [0.25, 0.3) is 0 Å². The highest BCUT2D eigenvalue weighted by Gasteiger charge is 2.45. The van der Waals surface area contributed by atoms with Crippen LogP contribution in [0.15, 0.2) is 16.6 Å². The number of halogens is 1. The third kappa shape index (κ3) is 2.93. The van der Waals surface area contributed by atoms with Crippen molar-refractivity contribution in [1.82, 2.24) is 0 Å². The molecule has 0 spiro atoms. The highest BCUT2D eigenvalue weighted by Crippen LogP contribution is 2.52. The zero-order chi connectivity index (χ0) is 15.8. The van der Waals surface area contributed by atoms with Crippen molar-refractivity contribution in [2.75, 3.05) is 14.2 Å². The smallest absolute Gasteiger partial charge is 0.142 e. The summed E-state index contributed by atoms with van der Waals surface area (Å²) in [6.45, 7) is 6.66. The molecule has 3 nitrogen and oxygen atoms in total. The molecule has 0 aliphatic heterocycles. The van der Waals surface area contributed by atoms with Crippen molar-refractivity contribution in [3.05, 3.63) is 22.2 Å². The molecule has 2 rings (SSSR count). The molecule has 1 aliphatic rings. The van der Waals surface area contributed by atoms with Crippen LogP contribution in [0.2, 0.25) is 0 Å². The minimum absolute atomic E-state index is 0.176. The van der Waals surface area contributed by atoms with Gasteiger partial charge in [0.1, 0.15) is 16.0 Å². The summed E-state index contributed by atoms with van der Waals surface area (Å²) < 4.78 is 11.6. The Morgan fingerprint density at radius 2 is 1.86 bits per heavy atom. The third-order valence-electron chi connectivity index (χ3n) is 4.81. The monoisotopic (exact) mass is 356 g/mol. The van der Waals surface area contributed by atoms with Gasteiger partial charge in [0.05, 0.1) is 19.8 Å². The van der Waals surface area contributed by atoms with Gasteiger partial charge in [-0.25, -0.2) is 0 Å². The molecule has 2 atom stereocenters. The van der Waals surface area contributed by atoms with Crippen molar-refractivity contribution in [3.8, 4) is 11.5 Å². The molecule has 0 amide bonds. The molecule has 1 aromatic carbocycles. The predicted octanol–water partition coefficient (Wildman–Crippen LogP) is 4.50. The Bertz CT molecular complexity index is 527. The van der Waals surface area contributed by atoms with E-state index in [1.807, 2.05) is 12.1 Å². The Morgan fingerprint density at radius 3 is 2.38 bits per heavy atom. The van der Waals surface area contributed by atoms with Gasteiger partial charge in [-0.2, -0.15) is 0 Å². The van der Waals surface area contributed by atoms with Gasteiger partial charge in [0.2, 0.25) is 0 Å². The maximum Gasteiger partial charge on any atom is 0.142 e. The van der Waals surface area contributed by atoms with Crippen LogP contribution in [0.3, 0.4) is 0 Å². The van der Waals surface area contributed by atoms with Crippen molar-refractivity contribution in [2.24, 2.45) is 11.3 Å². The zero-order valence-electron chi connectivity index (χ0n) is 13.5. The first-order valence-corrected chi connectivity index (χ1v) is 8.18. The number of benzene rings is 1. The molecule has 21 heavy (non-hydrogen) atoms. The van der Waals surface area contributed by atoms with E-state index in [0.29, 0.717) is 11.5 Å². The van der Waals surface area contributed by atoms with E-state index in [0.717, 1.165) is 29.3 Å². The lowest BCUT2D eigenvalue weighted by Crippen LogP contribution is -2.42. The SMILES string of the molecule is COc1ccc(C2(O)CCC(C)(C)CC2C)c(OC)c1Br. The number of hydrogen-bond donors (Lipinski definition) is 1. The quantitative estimate of drug-likeness (QED) is 0.866. The molecule has 1 saturated carbocycles. The standard InChI is InChI=1S/C17H25BrO3/c1-11-10-16(2,3)8-9-17(11,19)12-6-7-13(20-4)14(18)15(12)21-5/h6-7,11,19H,8-10H2,1-5H3. The minimum Gasteiger partial charge on any atom is -0.495 e. The molecule has 0 radical (unpaired) electrons. The van der Waals surface area contributed by atoms with E-state index in [9.17, 15) is 5.11 Å². The van der Waals surface area contributed by atoms with Crippen molar-refractivity contribution in [2.45, 2.75) is 45.6 Å². The predicted molar refractivity (Wildman–Crippen MR) is 87.9 cm³/mol. The Balaban J connectivity index is 2.48. The molecule has 1 N–H and O–H groups in total. The van der Waals surface area contributed by atoms with E-state index in [2.05, 4.69) is 36.7 Å². The lowest BCUT2D eigenvalue weighted by molar-refractivity contribution is -0.0782. The Labute approximate surface area is 135 Å². The first kappa shape index (κ1) is 16.6. The molecular formula is C17H25BrO3. The maximum atomic E-state index is 11.3. The largest absolute Gasteiger partial charge is 0.495 e. The van der Waals surface area contributed by atoms with Crippen LogP contribution in [-0.2, 0) is 5.60 Å². The van der Waals surface area contributed by atoms with E-state index in [1.54, 1.807) is 14.2 Å². The molecule has 1 aromatic rings. The highest BCUT2D eigenvalue weighted by atomic mass is 79.9. The Morgan fingerprint density at radius 1 is 1.19 bits per heavy atom. The number of ether oxygens (including phenoxy) is 2. The minimum atomic E-state index is -0.852. The van der Waals surface area contributed by atoms with Crippen LogP contribution >= 0.6 is 15.9 Å². The van der Waals surface area contributed by atoms with Crippen LogP contribution in [0.1, 0.15) is 45.6 Å². The first-order valence-electron chi connectivity index (χ1n) is 7.38. The molecule has 0 aromatic heterocycles. The van der Waals surface area contributed by atoms with E-state index >= 15 is 0 Å². The molecule has 0 bridgehead atoms. The lowest BCUT2D eigenvalue weighted by atomic mass is 9.63. The molecule has 0 saturated heterocycles. The first-order chi connectivity index (χ1) is 9.75. The van der Waals surface area contributed by atoms with Gasteiger partial charge >= 0.3 is 0 Å². The number of methoxy groups -OCH3 is 2. The van der Waals surface area contributed by atoms with Gasteiger partial charge in [0, 0.05) is 5.56 Å². The highest BCUT2D eigenvalue weighted by molar-refractivity contribution is 9.10. The summed E-state index contributed by atoms with van der Waals surface area (Å²) in [6, 6.07) is 3.81. The van der Waals surface area contributed by atoms with Gasteiger partial charge in [-0.05, 0) is 58.7 Å². The van der Waals surface area contributed by atoms with E-state index in [4.69, 9.17) is 9.47 Å². The second kappa shape index (κ2) is 5.81. The summed E-state index contributed by atoms with van der Waals surface area (Å²) in [5.74, 6) is 1.56. The maximum absolute atomic E-state index is 11.3. The fourth-order valence-corrected chi connectivity index (χ4v) is 4.18. The Kier molecular flexibility index (Phi) is 4.60. The fraction of sp³-hybridized carbons (Fsp3) is 0.647. The van der Waals surface area contributed by atoms with Crippen LogP contribution < -0.4 is 9.47 Å². The average molecular weight is 357 g/mol.